The van der Waals surface area contributed by atoms with Crippen molar-refractivity contribution in [1.82, 2.24) is 0 Å². The number of Topliss-reactive ketones (excluding diaryl/α,β-unsaturated/α-hetero) is 1. The van der Waals surface area contributed by atoms with E-state index in [1.165, 1.54) is 0 Å². The number of para-hydroxylation sites is 1. The van der Waals surface area contributed by atoms with Gasteiger partial charge in [-0.15, -0.1) is 0 Å². The van der Waals surface area contributed by atoms with E-state index in [0.29, 0.717) is 34.9 Å². The number of hydrogen-bond acceptors (Lipinski definition) is 5. The van der Waals surface area contributed by atoms with Gasteiger partial charge in [0.1, 0.15) is 0 Å². The molecular weight excluding hydrogens is 406 g/mol. The second-order valence-electron chi connectivity index (χ2n) is 8.37. The molecule has 2 aliphatic heterocycles. The fourth-order valence-electron chi connectivity index (χ4n) is 4.38. The number of fused-ring (bicyclic) bond motifs is 2. The van der Waals surface area contributed by atoms with Gasteiger partial charge in [0.05, 0.1) is 18.7 Å². The van der Waals surface area contributed by atoms with Gasteiger partial charge in [-0.1, -0.05) is 42.0 Å². The number of rotatable bonds is 5. The number of ketones is 1. The van der Waals surface area contributed by atoms with Gasteiger partial charge in [0.25, 0.3) is 5.91 Å². The molecule has 0 saturated carbocycles. The quantitative estimate of drug-likeness (QED) is 0.620. The third-order valence-electron chi connectivity index (χ3n) is 6.18. The molecule has 32 heavy (non-hydrogen) atoms. The Labute approximate surface area is 186 Å². The number of aliphatic hydroxyl groups is 1. The molecule has 0 aromatic heterocycles. The lowest BCUT2D eigenvalue weighted by Crippen LogP contribution is -2.41. The van der Waals surface area contributed by atoms with Gasteiger partial charge in [0.2, 0.25) is 6.79 Å². The van der Waals surface area contributed by atoms with Crippen LogP contribution in [0.1, 0.15) is 39.0 Å². The number of aryl methyl sites for hydroxylation is 2. The Morgan fingerprint density at radius 3 is 2.66 bits per heavy atom. The van der Waals surface area contributed by atoms with Crippen LogP contribution < -0.4 is 14.4 Å². The number of hydrogen-bond donors (Lipinski definition) is 1. The van der Waals surface area contributed by atoms with Gasteiger partial charge in [-0.3, -0.25) is 9.59 Å². The van der Waals surface area contributed by atoms with E-state index in [-0.39, 0.29) is 19.0 Å². The first-order chi connectivity index (χ1) is 15.4. The molecule has 5 rings (SSSR count). The van der Waals surface area contributed by atoms with Crippen molar-refractivity contribution < 1.29 is 24.2 Å². The first-order valence-corrected chi connectivity index (χ1v) is 10.5. The van der Waals surface area contributed by atoms with Crippen molar-refractivity contribution in [1.29, 1.82) is 0 Å². The molecule has 1 amide bonds. The van der Waals surface area contributed by atoms with Gasteiger partial charge in [0, 0.05) is 11.1 Å². The topological polar surface area (TPSA) is 76.1 Å². The molecule has 0 aliphatic carbocycles. The van der Waals surface area contributed by atoms with Crippen LogP contribution in [-0.4, -0.2) is 23.6 Å². The van der Waals surface area contributed by atoms with Crippen LogP contribution in [0, 0.1) is 13.8 Å². The van der Waals surface area contributed by atoms with Crippen LogP contribution in [0.4, 0.5) is 5.69 Å². The molecule has 3 aromatic rings. The van der Waals surface area contributed by atoms with E-state index in [1.54, 1.807) is 41.3 Å². The van der Waals surface area contributed by atoms with Crippen molar-refractivity contribution in [2.24, 2.45) is 0 Å². The summed E-state index contributed by atoms with van der Waals surface area (Å²) >= 11 is 0. The highest BCUT2D eigenvalue weighted by Gasteiger charge is 2.50. The molecule has 6 heteroatoms. The summed E-state index contributed by atoms with van der Waals surface area (Å²) in [5.74, 6) is 0.219. The summed E-state index contributed by atoms with van der Waals surface area (Å²) in [4.78, 5) is 28.2. The number of nitrogens with zero attached hydrogens (tertiary/aromatic N) is 1. The Morgan fingerprint density at radius 1 is 1.03 bits per heavy atom. The molecule has 162 valence electrons. The summed E-state index contributed by atoms with van der Waals surface area (Å²) in [6.45, 7) is 4.43. The molecule has 0 unspecified atom stereocenters. The second-order valence-corrected chi connectivity index (χ2v) is 8.37. The van der Waals surface area contributed by atoms with Gasteiger partial charge in [-0.25, -0.2) is 0 Å². The van der Waals surface area contributed by atoms with Crippen molar-refractivity contribution in [2.45, 2.75) is 32.4 Å². The number of carbonyl (C=O) groups is 2. The van der Waals surface area contributed by atoms with Crippen molar-refractivity contribution in [2.75, 3.05) is 11.7 Å². The predicted molar refractivity (Wildman–Crippen MR) is 119 cm³/mol. The smallest absolute Gasteiger partial charge is 0.264 e. The molecule has 0 fully saturated rings. The average Bonchev–Trinajstić information content (AvgIpc) is 3.33. The molecule has 0 saturated heterocycles. The van der Waals surface area contributed by atoms with E-state index < -0.39 is 11.5 Å². The van der Waals surface area contributed by atoms with Crippen LogP contribution in [0.15, 0.2) is 60.7 Å². The first kappa shape index (κ1) is 20.3. The van der Waals surface area contributed by atoms with Crippen LogP contribution in [0.2, 0.25) is 0 Å². The fraction of sp³-hybridized carbons (Fsp3) is 0.231. The van der Waals surface area contributed by atoms with Gasteiger partial charge >= 0.3 is 0 Å². The van der Waals surface area contributed by atoms with Crippen LogP contribution in [0.5, 0.6) is 11.5 Å². The minimum absolute atomic E-state index is 0.107. The summed E-state index contributed by atoms with van der Waals surface area (Å²) in [6.07, 6.45) is -0.355. The van der Waals surface area contributed by atoms with E-state index >= 15 is 0 Å². The SMILES string of the molecule is Cc1ccc(C)c(CN2C(=O)[C@](O)(CC(=O)c3ccc4c(c3)OCO4)c3ccccc32)c1. The third kappa shape index (κ3) is 3.24. The first-order valence-electron chi connectivity index (χ1n) is 10.5. The zero-order valence-electron chi connectivity index (χ0n) is 17.9. The van der Waals surface area contributed by atoms with Crippen molar-refractivity contribution in [3.05, 3.63) is 88.5 Å². The van der Waals surface area contributed by atoms with Crippen LogP contribution in [0.25, 0.3) is 0 Å². The molecule has 0 spiro atoms. The number of ether oxygens (including phenoxy) is 2. The zero-order chi connectivity index (χ0) is 22.5. The van der Waals surface area contributed by atoms with Gasteiger partial charge in [-0.05, 0) is 49.2 Å². The van der Waals surface area contributed by atoms with E-state index in [4.69, 9.17) is 9.47 Å². The zero-order valence-corrected chi connectivity index (χ0v) is 17.9. The number of benzene rings is 3. The highest BCUT2D eigenvalue weighted by molar-refractivity contribution is 6.10. The highest BCUT2D eigenvalue weighted by atomic mass is 16.7. The maximum atomic E-state index is 13.5. The molecule has 1 N–H and O–H groups in total. The summed E-state index contributed by atoms with van der Waals surface area (Å²) < 4.78 is 10.6. The Bertz CT molecular complexity index is 1250. The lowest BCUT2D eigenvalue weighted by atomic mass is 9.88. The molecule has 0 radical (unpaired) electrons. The Kier molecular flexibility index (Phi) is 4.75. The van der Waals surface area contributed by atoms with Crippen molar-refractivity contribution >= 4 is 17.4 Å². The number of anilines is 1. The number of amides is 1. The molecule has 1 atom stereocenters. The van der Waals surface area contributed by atoms with Gasteiger partial charge in [-0.2, -0.15) is 0 Å². The van der Waals surface area contributed by atoms with E-state index in [0.717, 1.165) is 16.7 Å². The molecule has 3 aromatic carbocycles. The standard InChI is InChI=1S/C26H23NO5/c1-16-7-8-17(2)19(11-16)14-27-21-6-4-3-5-20(21)26(30,25(27)29)13-22(28)18-9-10-23-24(12-18)32-15-31-23/h3-12,30H,13-15H2,1-2H3/t26-/m0/s1. The van der Waals surface area contributed by atoms with Crippen LogP contribution in [-0.2, 0) is 16.9 Å². The van der Waals surface area contributed by atoms with Crippen LogP contribution >= 0.6 is 0 Å². The normalized spacial score (nSPS) is 18.7. The maximum Gasteiger partial charge on any atom is 0.264 e. The lowest BCUT2D eigenvalue weighted by molar-refractivity contribution is -0.136. The van der Waals surface area contributed by atoms with Gasteiger partial charge in [0.15, 0.2) is 22.9 Å². The second kappa shape index (κ2) is 7.50. The summed E-state index contributed by atoms with van der Waals surface area (Å²) in [5.41, 5.74) is 2.66. The van der Waals surface area contributed by atoms with Crippen molar-refractivity contribution in [3.8, 4) is 11.5 Å². The largest absolute Gasteiger partial charge is 0.454 e. The lowest BCUT2D eigenvalue weighted by Gasteiger charge is -2.23. The van der Waals surface area contributed by atoms with Crippen molar-refractivity contribution in [3.63, 3.8) is 0 Å². The molecular formula is C26H23NO5. The minimum atomic E-state index is -1.93. The molecule has 2 heterocycles. The molecule has 0 bridgehead atoms. The average molecular weight is 429 g/mol. The fourth-order valence-corrected chi connectivity index (χ4v) is 4.38. The third-order valence-corrected chi connectivity index (χ3v) is 6.18. The molecule has 6 nitrogen and oxygen atoms in total. The predicted octanol–water partition coefficient (Wildman–Crippen LogP) is 4.04. The minimum Gasteiger partial charge on any atom is -0.454 e. The Balaban J connectivity index is 1.48. The van der Waals surface area contributed by atoms with E-state index in [9.17, 15) is 14.7 Å². The van der Waals surface area contributed by atoms with Gasteiger partial charge < -0.3 is 19.5 Å². The maximum absolute atomic E-state index is 13.5. The Morgan fingerprint density at radius 2 is 1.81 bits per heavy atom. The monoisotopic (exact) mass is 429 g/mol. The summed E-state index contributed by atoms with van der Waals surface area (Å²) in [6, 6.07) is 18.1. The van der Waals surface area contributed by atoms with Crippen LogP contribution in [0.3, 0.4) is 0 Å². The Hall–Kier alpha value is -3.64. The summed E-state index contributed by atoms with van der Waals surface area (Å²) in [7, 11) is 0. The van der Waals surface area contributed by atoms with E-state index in [2.05, 4.69) is 0 Å². The summed E-state index contributed by atoms with van der Waals surface area (Å²) in [5, 5.41) is 11.5. The van der Waals surface area contributed by atoms with E-state index in [1.807, 2.05) is 38.1 Å². The molecule has 2 aliphatic rings. The number of carbonyl (C=O) groups excluding carboxylic acids is 2. The highest BCUT2D eigenvalue weighted by Crippen LogP contribution is 2.44.